The summed E-state index contributed by atoms with van der Waals surface area (Å²) >= 11 is 1.73. The summed E-state index contributed by atoms with van der Waals surface area (Å²) in [6.45, 7) is 4.78. The molecule has 4 heteroatoms. The van der Waals surface area contributed by atoms with Gasteiger partial charge >= 0.3 is 0 Å². The number of hydrogen-bond acceptors (Lipinski definition) is 3. The van der Waals surface area contributed by atoms with Crippen molar-refractivity contribution in [1.82, 2.24) is 5.32 Å². The van der Waals surface area contributed by atoms with E-state index < -0.39 is 5.54 Å². The van der Waals surface area contributed by atoms with Gasteiger partial charge in [-0.15, -0.1) is 11.8 Å². The Labute approximate surface area is 119 Å². The zero-order chi connectivity index (χ0) is 14.1. The van der Waals surface area contributed by atoms with Crippen LogP contribution in [0.1, 0.15) is 33.1 Å². The Bertz CT molecular complexity index is 413. The van der Waals surface area contributed by atoms with Crippen LogP contribution in [0.2, 0.25) is 0 Å². The summed E-state index contributed by atoms with van der Waals surface area (Å²) in [6.07, 6.45) is 2.94. The molecular formula is C15H21FN2S. The number of unbranched alkanes of at least 4 members (excludes halogenated alkanes) is 1. The number of thioether (sulfide) groups is 1. The molecule has 0 aliphatic carbocycles. The predicted molar refractivity (Wildman–Crippen MR) is 78.7 cm³/mol. The van der Waals surface area contributed by atoms with Crippen LogP contribution in [0.3, 0.4) is 0 Å². The van der Waals surface area contributed by atoms with Crippen LogP contribution in [0.5, 0.6) is 0 Å². The van der Waals surface area contributed by atoms with Crippen molar-refractivity contribution in [2.24, 2.45) is 0 Å². The summed E-state index contributed by atoms with van der Waals surface area (Å²) in [5.41, 5.74) is -0.407. The number of halogens is 1. The van der Waals surface area contributed by atoms with Crippen LogP contribution in [0.4, 0.5) is 4.39 Å². The van der Waals surface area contributed by atoms with Crippen molar-refractivity contribution in [2.75, 3.05) is 12.3 Å². The third kappa shape index (κ3) is 6.09. The van der Waals surface area contributed by atoms with Gasteiger partial charge in [-0.1, -0.05) is 6.92 Å². The lowest BCUT2D eigenvalue weighted by atomic mass is 9.97. The zero-order valence-electron chi connectivity index (χ0n) is 11.6. The van der Waals surface area contributed by atoms with Crippen LogP contribution in [0.25, 0.3) is 0 Å². The Balaban J connectivity index is 2.21. The van der Waals surface area contributed by atoms with Crippen molar-refractivity contribution in [3.05, 3.63) is 30.1 Å². The monoisotopic (exact) mass is 280 g/mol. The highest BCUT2D eigenvalue weighted by molar-refractivity contribution is 7.99. The molecule has 0 aliphatic heterocycles. The molecule has 1 N–H and O–H groups in total. The van der Waals surface area contributed by atoms with Crippen molar-refractivity contribution in [1.29, 1.82) is 5.26 Å². The van der Waals surface area contributed by atoms with Crippen molar-refractivity contribution in [3.63, 3.8) is 0 Å². The Morgan fingerprint density at radius 3 is 2.58 bits per heavy atom. The summed E-state index contributed by atoms with van der Waals surface area (Å²) in [4.78, 5) is 1.09. The summed E-state index contributed by atoms with van der Waals surface area (Å²) < 4.78 is 12.7. The van der Waals surface area contributed by atoms with Crippen molar-refractivity contribution < 1.29 is 4.39 Å². The molecule has 1 atom stereocenters. The first-order valence-electron chi connectivity index (χ1n) is 6.64. The van der Waals surface area contributed by atoms with Crippen LogP contribution >= 0.6 is 11.8 Å². The number of hydrogen-bond donors (Lipinski definition) is 1. The molecule has 0 radical (unpaired) electrons. The maximum Gasteiger partial charge on any atom is 0.123 e. The van der Waals surface area contributed by atoms with Crippen LogP contribution < -0.4 is 5.32 Å². The molecule has 0 bridgehead atoms. The highest BCUT2D eigenvalue weighted by Gasteiger charge is 2.20. The predicted octanol–water partition coefficient (Wildman–Crippen LogP) is 3.98. The molecule has 1 unspecified atom stereocenters. The molecule has 0 aliphatic rings. The molecule has 104 valence electrons. The smallest absolute Gasteiger partial charge is 0.123 e. The van der Waals surface area contributed by atoms with Gasteiger partial charge < -0.3 is 0 Å². The lowest BCUT2D eigenvalue weighted by Gasteiger charge is -2.22. The van der Waals surface area contributed by atoms with Crippen LogP contribution in [-0.2, 0) is 0 Å². The van der Waals surface area contributed by atoms with E-state index in [4.69, 9.17) is 5.26 Å². The molecule has 0 fully saturated rings. The Morgan fingerprint density at radius 1 is 1.32 bits per heavy atom. The van der Waals surface area contributed by atoms with Gasteiger partial charge in [-0.05, 0) is 62.7 Å². The van der Waals surface area contributed by atoms with Crippen LogP contribution in [0.15, 0.2) is 29.2 Å². The minimum absolute atomic E-state index is 0.195. The molecule has 0 saturated carbocycles. The van der Waals surface area contributed by atoms with Gasteiger partial charge in [-0.3, -0.25) is 5.32 Å². The fourth-order valence-corrected chi connectivity index (χ4v) is 2.79. The lowest BCUT2D eigenvalue weighted by Crippen LogP contribution is -2.40. The maximum atomic E-state index is 12.7. The van der Waals surface area contributed by atoms with E-state index in [2.05, 4.69) is 11.4 Å². The number of nitriles is 1. The second-order valence-corrected chi connectivity index (χ2v) is 5.90. The highest BCUT2D eigenvalue weighted by atomic mass is 32.2. The topological polar surface area (TPSA) is 35.8 Å². The SMILES string of the molecule is CCNC(C)(C#N)CCCCSc1ccc(F)cc1. The molecule has 0 spiro atoms. The van der Waals surface area contributed by atoms with Crippen LogP contribution in [-0.4, -0.2) is 17.8 Å². The number of benzene rings is 1. The summed E-state index contributed by atoms with van der Waals surface area (Å²) in [6, 6.07) is 8.91. The lowest BCUT2D eigenvalue weighted by molar-refractivity contribution is 0.415. The van der Waals surface area contributed by atoms with E-state index in [0.717, 1.165) is 36.5 Å². The molecule has 1 aromatic rings. The first-order chi connectivity index (χ1) is 9.09. The first-order valence-corrected chi connectivity index (χ1v) is 7.63. The fourth-order valence-electron chi connectivity index (χ4n) is 1.88. The van der Waals surface area contributed by atoms with Gasteiger partial charge in [0.05, 0.1) is 6.07 Å². The van der Waals surface area contributed by atoms with E-state index in [1.807, 2.05) is 13.8 Å². The average Bonchev–Trinajstić information content (AvgIpc) is 2.41. The van der Waals surface area contributed by atoms with Gasteiger partial charge in [0.2, 0.25) is 0 Å². The molecule has 19 heavy (non-hydrogen) atoms. The summed E-state index contributed by atoms with van der Waals surface area (Å²) in [5.74, 6) is 0.805. The standard InChI is InChI=1S/C15H21FN2S/c1-3-18-15(2,12-17)10-4-5-11-19-14-8-6-13(16)7-9-14/h6-9,18H,3-5,10-11H2,1-2H3. The van der Waals surface area contributed by atoms with E-state index in [-0.39, 0.29) is 5.82 Å². The minimum Gasteiger partial charge on any atom is -0.300 e. The molecule has 0 saturated heterocycles. The maximum absolute atomic E-state index is 12.7. The van der Waals surface area contributed by atoms with Gasteiger partial charge in [0, 0.05) is 4.90 Å². The second-order valence-electron chi connectivity index (χ2n) is 4.73. The van der Waals surface area contributed by atoms with Gasteiger partial charge in [0.25, 0.3) is 0 Å². The summed E-state index contributed by atoms with van der Waals surface area (Å²) in [7, 11) is 0. The number of nitrogens with zero attached hydrogens (tertiary/aromatic N) is 1. The highest BCUT2D eigenvalue weighted by Crippen LogP contribution is 2.21. The van der Waals surface area contributed by atoms with E-state index in [1.165, 1.54) is 12.1 Å². The average molecular weight is 280 g/mol. The second kappa shape index (κ2) is 8.19. The molecule has 0 aromatic heterocycles. The third-order valence-corrected chi connectivity index (χ3v) is 4.07. The minimum atomic E-state index is -0.407. The largest absolute Gasteiger partial charge is 0.300 e. The summed E-state index contributed by atoms with van der Waals surface area (Å²) in [5, 5.41) is 12.3. The quantitative estimate of drug-likeness (QED) is 0.578. The van der Waals surface area contributed by atoms with Gasteiger partial charge in [0.1, 0.15) is 11.4 Å². The first kappa shape index (κ1) is 16.0. The molecule has 1 aromatic carbocycles. The molecule has 0 amide bonds. The van der Waals surface area contributed by atoms with Gasteiger partial charge in [-0.25, -0.2) is 4.39 Å². The Hall–Kier alpha value is -1.05. The Morgan fingerprint density at radius 2 is 2.00 bits per heavy atom. The van der Waals surface area contributed by atoms with Crippen molar-refractivity contribution >= 4 is 11.8 Å². The molecule has 1 rings (SSSR count). The number of rotatable bonds is 8. The van der Waals surface area contributed by atoms with E-state index >= 15 is 0 Å². The number of nitrogens with one attached hydrogen (secondary N) is 1. The molecular weight excluding hydrogens is 259 g/mol. The van der Waals surface area contributed by atoms with E-state index in [0.29, 0.717) is 0 Å². The van der Waals surface area contributed by atoms with E-state index in [9.17, 15) is 4.39 Å². The van der Waals surface area contributed by atoms with Crippen LogP contribution in [0, 0.1) is 17.1 Å². The van der Waals surface area contributed by atoms with Gasteiger partial charge in [-0.2, -0.15) is 5.26 Å². The normalized spacial score (nSPS) is 13.8. The fraction of sp³-hybridized carbons (Fsp3) is 0.533. The third-order valence-electron chi connectivity index (χ3n) is 2.97. The zero-order valence-corrected chi connectivity index (χ0v) is 12.4. The Kier molecular flexibility index (Phi) is 6.90. The molecule has 0 heterocycles. The molecule has 2 nitrogen and oxygen atoms in total. The van der Waals surface area contributed by atoms with Crippen molar-refractivity contribution in [3.8, 4) is 6.07 Å². The van der Waals surface area contributed by atoms with Crippen molar-refractivity contribution in [2.45, 2.75) is 43.5 Å². The van der Waals surface area contributed by atoms with E-state index in [1.54, 1.807) is 23.9 Å². The van der Waals surface area contributed by atoms with Gasteiger partial charge in [0.15, 0.2) is 0 Å².